The molecule has 0 bridgehead atoms. The predicted molar refractivity (Wildman–Crippen MR) is 115 cm³/mol. The Kier molecular flexibility index (Phi) is 5.86. The van der Waals surface area contributed by atoms with Crippen molar-refractivity contribution in [3.63, 3.8) is 0 Å². The van der Waals surface area contributed by atoms with Crippen molar-refractivity contribution >= 4 is 5.91 Å². The van der Waals surface area contributed by atoms with Crippen LogP contribution in [0.2, 0.25) is 0 Å². The standard InChI is InChI=1S/C24H27N3O3/c1-30-20-7-4-6-19(16-20)17-24(18-28)10-14-26(15-11-24)23(29)21-8-2-3-9-22(21)27-13-5-12-25-27/h2-9,12-13,16,28H,10-11,14-15,17-18H2,1H3. The number of para-hydroxylation sites is 1. The largest absolute Gasteiger partial charge is 0.497 e. The maximum Gasteiger partial charge on any atom is 0.256 e. The lowest BCUT2D eigenvalue weighted by molar-refractivity contribution is 0.0358. The molecule has 1 N–H and O–H groups in total. The van der Waals surface area contributed by atoms with Gasteiger partial charge in [-0.3, -0.25) is 4.79 Å². The number of piperidine rings is 1. The average molecular weight is 405 g/mol. The molecule has 30 heavy (non-hydrogen) atoms. The van der Waals surface area contributed by atoms with Crippen LogP contribution >= 0.6 is 0 Å². The van der Waals surface area contributed by atoms with Gasteiger partial charge in [-0.15, -0.1) is 0 Å². The van der Waals surface area contributed by atoms with Crippen LogP contribution in [0, 0.1) is 5.41 Å². The zero-order valence-electron chi connectivity index (χ0n) is 17.2. The van der Waals surface area contributed by atoms with Crippen molar-refractivity contribution in [1.29, 1.82) is 0 Å². The molecule has 0 spiro atoms. The Morgan fingerprint density at radius 3 is 2.63 bits per heavy atom. The summed E-state index contributed by atoms with van der Waals surface area (Å²) in [7, 11) is 1.66. The van der Waals surface area contributed by atoms with Crippen molar-refractivity contribution in [2.24, 2.45) is 5.41 Å². The Balaban J connectivity index is 1.48. The number of ether oxygens (including phenoxy) is 1. The SMILES string of the molecule is COc1cccc(CC2(CO)CCN(C(=O)c3ccccc3-n3cccn3)CC2)c1. The first-order valence-electron chi connectivity index (χ1n) is 10.3. The Morgan fingerprint density at radius 2 is 1.93 bits per heavy atom. The van der Waals surface area contributed by atoms with Crippen LogP contribution in [0.3, 0.4) is 0 Å². The van der Waals surface area contributed by atoms with Crippen LogP contribution in [0.4, 0.5) is 0 Å². The van der Waals surface area contributed by atoms with Gasteiger partial charge in [-0.25, -0.2) is 4.68 Å². The molecule has 2 aromatic carbocycles. The summed E-state index contributed by atoms with van der Waals surface area (Å²) in [6.45, 7) is 1.35. The number of hydrogen-bond acceptors (Lipinski definition) is 4. The van der Waals surface area contributed by atoms with Crippen molar-refractivity contribution in [3.05, 3.63) is 78.1 Å². The number of rotatable bonds is 6. The number of amides is 1. The molecule has 6 nitrogen and oxygen atoms in total. The number of hydrogen-bond donors (Lipinski definition) is 1. The molecule has 0 radical (unpaired) electrons. The molecular formula is C24H27N3O3. The van der Waals surface area contributed by atoms with E-state index in [2.05, 4.69) is 11.2 Å². The monoisotopic (exact) mass is 405 g/mol. The second-order valence-corrected chi connectivity index (χ2v) is 7.95. The van der Waals surface area contributed by atoms with Crippen molar-refractivity contribution in [2.45, 2.75) is 19.3 Å². The molecule has 6 heteroatoms. The van der Waals surface area contributed by atoms with Crippen molar-refractivity contribution < 1.29 is 14.6 Å². The molecule has 1 amide bonds. The Bertz CT molecular complexity index is 992. The second-order valence-electron chi connectivity index (χ2n) is 7.95. The van der Waals surface area contributed by atoms with Gasteiger partial charge >= 0.3 is 0 Å². The third-order valence-corrected chi connectivity index (χ3v) is 6.05. The van der Waals surface area contributed by atoms with Gasteiger partial charge in [0.15, 0.2) is 0 Å². The molecule has 4 rings (SSSR count). The van der Waals surface area contributed by atoms with E-state index < -0.39 is 0 Å². The normalized spacial score (nSPS) is 15.7. The number of aliphatic hydroxyl groups is 1. The average Bonchev–Trinajstić information content (AvgIpc) is 3.34. The van der Waals surface area contributed by atoms with Crippen LogP contribution in [0.1, 0.15) is 28.8 Å². The lowest BCUT2D eigenvalue weighted by Gasteiger charge is -2.41. The number of carbonyl (C=O) groups excluding carboxylic acids is 1. The minimum atomic E-state index is -0.218. The van der Waals surface area contributed by atoms with Crippen molar-refractivity contribution in [3.8, 4) is 11.4 Å². The van der Waals surface area contributed by atoms with E-state index in [1.165, 1.54) is 0 Å². The summed E-state index contributed by atoms with van der Waals surface area (Å²) in [5.41, 5.74) is 2.35. The molecule has 1 aliphatic rings. The minimum absolute atomic E-state index is 0.00835. The molecule has 3 aromatic rings. The van der Waals surface area contributed by atoms with Crippen LogP contribution in [-0.4, -0.2) is 52.5 Å². The number of benzene rings is 2. The fraction of sp³-hybridized carbons (Fsp3) is 0.333. The highest BCUT2D eigenvalue weighted by Gasteiger charge is 2.36. The maximum absolute atomic E-state index is 13.3. The quantitative estimate of drug-likeness (QED) is 0.683. The van der Waals surface area contributed by atoms with E-state index in [0.717, 1.165) is 36.3 Å². The van der Waals surface area contributed by atoms with Crippen molar-refractivity contribution in [2.75, 3.05) is 26.8 Å². The molecule has 1 fully saturated rings. The molecule has 0 saturated carbocycles. The first-order chi connectivity index (χ1) is 14.6. The molecule has 156 valence electrons. The van der Waals surface area contributed by atoms with Gasteiger partial charge in [-0.2, -0.15) is 5.10 Å². The van der Waals surface area contributed by atoms with Gasteiger partial charge in [0.05, 0.1) is 18.4 Å². The number of aliphatic hydroxyl groups excluding tert-OH is 1. The molecule has 2 heterocycles. The predicted octanol–water partition coefficient (Wildman–Crippen LogP) is 3.34. The summed E-state index contributed by atoms with van der Waals surface area (Å²) in [5, 5.41) is 14.5. The summed E-state index contributed by atoms with van der Waals surface area (Å²) >= 11 is 0. The number of methoxy groups -OCH3 is 1. The molecular weight excluding hydrogens is 378 g/mol. The number of likely N-dealkylation sites (tertiary alicyclic amines) is 1. The van der Waals surface area contributed by atoms with Gasteiger partial charge in [0.25, 0.3) is 5.91 Å². The summed E-state index contributed by atoms with van der Waals surface area (Å²) in [6.07, 6.45) is 5.84. The van der Waals surface area contributed by atoms with Gasteiger partial charge in [-0.05, 0) is 55.2 Å². The molecule has 1 aliphatic heterocycles. The highest BCUT2D eigenvalue weighted by atomic mass is 16.5. The Morgan fingerprint density at radius 1 is 1.13 bits per heavy atom. The van der Waals surface area contributed by atoms with E-state index in [-0.39, 0.29) is 17.9 Å². The molecule has 0 atom stereocenters. The van der Waals surface area contributed by atoms with E-state index in [1.807, 2.05) is 59.6 Å². The topological polar surface area (TPSA) is 67.6 Å². The minimum Gasteiger partial charge on any atom is -0.497 e. The van der Waals surface area contributed by atoms with Crippen LogP contribution in [0.25, 0.3) is 5.69 Å². The molecule has 0 aliphatic carbocycles. The summed E-state index contributed by atoms with van der Waals surface area (Å²) in [4.78, 5) is 15.2. The summed E-state index contributed by atoms with van der Waals surface area (Å²) in [6, 6.07) is 17.4. The van der Waals surface area contributed by atoms with Crippen LogP contribution in [0.15, 0.2) is 67.0 Å². The van der Waals surface area contributed by atoms with Gasteiger partial charge in [0, 0.05) is 37.5 Å². The van der Waals surface area contributed by atoms with Gasteiger partial charge < -0.3 is 14.7 Å². The first kappa shape index (κ1) is 20.2. The number of aromatic nitrogens is 2. The molecule has 1 saturated heterocycles. The summed E-state index contributed by atoms with van der Waals surface area (Å²) < 4.78 is 7.05. The molecule has 1 aromatic heterocycles. The van der Waals surface area contributed by atoms with E-state index in [9.17, 15) is 9.90 Å². The van der Waals surface area contributed by atoms with Crippen LogP contribution in [-0.2, 0) is 6.42 Å². The van der Waals surface area contributed by atoms with Gasteiger partial charge in [-0.1, -0.05) is 24.3 Å². The zero-order valence-corrected chi connectivity index (χ0v) is 17.2. The van der Waals surface area contributed by atoms with Crippen molar-refractivity contribution in [1.82, 2.24) is 14.7 Å². The zero-order chi connectivity index (χ0) is 21.0. The molecule has 0 unspecified atom stereocenters. The van der Waals surface area contributed by atoms with E-state index >= 15 is 0 Å². The van der Waals surface area contributed by atoms with E-state index in [4.69, 9.17) is 4.74 Å². The second kappa shape index (κ2) is 8.71. The Labute approximate surface area is 176 Å². The highest BCUT2D eigenvalue weighted by molar-refractivity contribution is 5.97. The first-order valence-corrected chi connectivity index (χ1v) is 10.3. The van der Waals surface area contributed by atoms with E-state index in [0.29, 0.717) is 18.7 Å². The summed E-state index contributed by atoms with van der Waals surface area (Å²) in [5.74, 6) is 0.831. The lowest BCUT2D eigenvalue weighted by Crippen LogP contribution is -2.45. The van der Waals surface area contributed by atoms with Crippen LogP contribution < -0.4 is 4.74 Å². The van der Waals surface area contributed by atoms with E-state index in [1.54, 1.807) is 18.0 Å². The number of carbonyl (C=O) groups is 1. The maximum atomic E-state index is 13.3. The van der Waals surface area contributed by atoms with Crippen LogP contribution in [0.5, 0.6) is 5.75 Å². The number of nitrogens with zero attached hydrogens (tertiary/aromatic N) is 3. The fourth-order valence-corrected chi connectivity index (χ4v) is 4.23. The van der Waals surface area contributed by atoms with Gasteiger partial charge in [0.2, 0.25) is 0 Å². The third-order valence-electron chi connectivity index (χ3n) is 6.05. The van der Waals surface area contributed by atoms with Gasteiger partial charge in [0.1, 0.15) is 5.75 Å². The fourth-order valence-electron chi connectivity index (χ4n) is 4.23. The Hall–Kier alpha value is -3.12. The highest BCUT2D eigenvalue weighted by Crippen LogP contribution is 2.36. The lowest BCUT2D eigenvalue weighted by atomic mass is 9.74. The smallest absolute Gasteiger partial charge is 0.256 e. The third kappa shape index (κ3) is 4.09.